The Morgan fingerprint density at radius 3 is 1.87 bits per heavy atom. The second-order valence-electron chi connectivity index (χ2n) is 9.48. The molecule has 2 nitrogen and oxygen atoms in total. The van der Waals surface area contributed by atoms with Crippen LogP contribution >= 0.6 is 0 Å². The minimum absolute atomic E-state index is 0.0581. The fraction of sp³-hybridized carbons (Fsp3) is 0.667. The monoisotopic (exact) mass is 311 g/mol. The lowest BCUT2D eigenvalue weighted by atomic mass is 9.49. The molecule has 1 amide bonds. The number of hydrogen-bond acceptors (Lipinski definition) is 1. The summed E-state index contributed by atoms with van der Waals surface area (Å²) in [5, 5.41) is 3.24. The van der Waals surface area contributed by atoms with E-state index in [0.29, 0.717) is 5.91 Å². The van der Waals surface area contributed by atoms with Crippen LogP contribution in [0, 0.1) is 23.2 Å². The molecule has 4 saturated carbocycles. The molecule has 0 aromatic heterocycles. The van der Waals surface area contributed by atoms with Gasteiger partial charge in [0.25, 0.3) is 0 Å². The van der Waals surface area contributed by atoms with E-state index in [1.807, 2.05) is 0 Å². The molecule has 0 unspecified atom stereocenters. The number of nitrogens with one attached hydrogen (secondary N) is 1. The fourth-order valence-corrected chi connectivity index (χ4v) is 5.71. The summed E-state index contributed by atoms with van der Waals surface area (Å²) in [7, 11) is 0. The predicted octanol–water partition coefficient (Wildman–Crippen LogP) is 5.14. The quantitative estimate of drug-likeness (QED) is 0.805. The molecule has 4 bridgehead atoms. The summed E-state index contributed by atoms with van der Waals surface area (Å²) in [6.07, 6.45) is 7.53. The first-order valence-electron chi connectivity index (χ1n) is 9.26. The maximum atomic E-state index is 13.0. The molecular formula is C21H29NO. The topological polar surface area (TPSA) is 29.1 Å². The molecule has 5 rings (SSSR count). The summed E-state index contributed by atoms with van der Waals surface area (Å²) in [4.78, 5) is 13.0. The molecule has 124 valence electrons. The second kappa shape index (κ2) is 5.09. The number of carbonyl (C=O) groups excluding carboxylic acids is 1. The molecule has 4 fully saturated rings. The highest BCUT2D eigenvalue weighted by atomic mass is 16.2. The van der Waals surface area contributed by atoms with Gasteiger partial charge in [-0.15, -0.1) is 0 Å². The Morgan fingerprint density at radius 2 is 1.43 bits per heavy atom. The Balaban J connectivity index is 1.50. The summed E-state index contributed by atoms with van der Waals surface area (Å²) >= 11 is 0. The molecule has 0 saturated heterocycles. The number of hydrogen-bond donors (Lipinski definition) is 1. The van der Waals surface area contributed by atoms with Crippen LogP contribution in [0.4, 0.5) is 5.69 Å². The zero-order valence-electron chi connectivity index (χ0n) is 14.7. The highest BCUT2D eigenvalue weighted by molar-refractivity contribution is 5.95. The SMILES string of the molecule is CC(C)(C)c1ccc(NC(=O)C23CC4CC(CC(C4)C2)C3)cc1. The third-order valence-corrected chi connectivity index (χ3v) is 6.53. The van der Waals surface area contributed by atoms with Crippen LogP contribution in [-0.4, -0.2) is 5.91 Å². The van der Waals surface area contributed by atoms with Crippen LogP contribution in [0.2, 0.25) is 0 Å². The molecule has 2 heteroatoms. The van der Waals surface area contributed by atoms with E-state index in [2.05, 4.69) is 50.4 Å². The number of rotatable bonds is 2. The van der Waals surface area contributed by atoms with Gasteiger partial charge in [-0.3, -0.25) is 4.79 Å². The van der Waals surface area contributed by atoms with Crippen LogP contribution in [0.25, 0.3) is 0 Å². The molecular weight excluding hydrogens is 282 g/mol. The molecule has 0 radical (unpaired) electrons. The average molecular weight is 311 g/mol. The van der Waals surface area contributed by atoms with Gasteiger partial charge in [-0.1, -0.05) is 32.9 Å². The summed E-state index contributed by atoms with van der Waals surface area (Å²) in [6, 6.07) is 8.43. The first-order valence-corrected chi connectivity index (χ1v) is 9.26. The number of benzene rings is 1. The first-order chi connectivity index (χ1) is 10.8. The average Bonchev–Trinajstić information content (AvgIpc) is 2.45. The highest BCUT2D eigenvalue weighted by Crippen LogP contribution is 2.60. The Hall–Kier alpha value is -1.31. The molecule has 0 atom stereocenters. The molecule has 1 N–H and O–H groups in total. The maximum Gasteiger partial charge on any atom is 0.230 e. The molecule has 0 aliphatic heterocycles. The number of carbonyl (C=O) groups is 1. The van der Waals surface area contributed by atoms with E-state index in [0.717, 1.165) is 42.7 Å². The van der Waals surface area contributed by atoms with Crippen molar-refractivity contribution in [2.75, 3.05) is 5.32 Å². The third kappa shape index (κ3) is 2.70. The molecule has 4 aliphatic rings. The lowest BCUT2D eigenvalue weighted by Crippen LogP contribution is -2.51. The van der Waals surface area contributed by atoms with Gasteiger partial charge in [0.1, 0.15) is 0 Å². The van der Waals surface area contributed by atoms with E-state index in [9.17, 15) is 4.79 Å². The van der Waals surface area contributed by atoms with Gasteiger partial charge in [0.15, 0.2) is 0 Å². The Morgan fingerprint density at radius 1 is 0.957 bits per heavy atom. The summed E-state index contributed by atoms with van der Waals surface area (Å²) < 4.78 is 0. The lowest BCUT2D eigenvalue weighted by molar-refractivity contribution is -0.140. The van der Waals surface area contributed by atoms with Crippen LogP contribution in [-0.2, 0) is 10.2 Å². The van der Waals surface area contributed by atoms with Crippen LogP contribution in [0.3, 0.4) is 0 Å². The van der Waals surface area contributed by atoms with E-state index < -0.39 is 0 Å². The van der Waals surface area contributed by atoms with Gasteiger partial charge in [-0.25, -0.2) is 0 Å². The number of anilines is 1. The minimum Gasteiger partial charge on any atom is -0.326 e. The minimum atomic E-state index is -0.0581. The van der Waals surface area contributed by atoms with Crippen molar-refractivity contribution >= 4 is 11.6 Å². The zero-order chi connectivity index (χ0) is 16.2. The van der Waals surface area contributed by atoms with E-state index in [-0.39, 0.29) is 10.8 Å². The van der Waals surface area contributed by atoms with E-state index >= 15 is 0 Å². The molecule has 0 heterocycles. The van der Waals surface area contributed by atoms with E-state index in [4.69, 9.17) is 0 Å². The standard InChI is InChI=1S/C21H29NO/c1-20(2,3)17-4-6-18(7-5-17)22-19(23)21-11-14-8-15(12-21)10-16(9-14)13-21/h4-7,14-16H,8-13H2,1-3H3,(H,22,23). The van der Waals surface area contributed by atoms with Crippen molar-refractivity contribution in [1.29, 1.82) is 0 Å². The Kier molecular flexibility index (Phi) is 3.37. The summed E-state index contributed by atoms with van der Waals surface area (Å²) in [5.74, 6) is 2.74. The van der Waals surface area contributed by atoms with Crippen molar-refractivity contribution in [3.63, 3.8) is 0 Å². The molecule has 23 heavy (non-hydrogen) atoms. The van der Waals surface area contributed by atoms with Crippen molar-refractivity contribution in [3.05, 3.63) is 29.8 Å². The van der Waals surface area contributed by atoms with Crippen LogP contribution in [0.1, 0.15) is 64.9 Å². The number of amides is 1. The second-order valence-corrected chi connectivity index (χ2v) is 9.48. The maximum absolute atomic E-state index is 13.0. The lowest BCUT2D eigenvalue weighted by Gasteiger charge is -2.55. The Bertz CT molecular complexity index is 572. The highest BCUT2D eigenvalue weighted by Gasteiger charge is 2.54. The fourth-order valence-electron chi connectivity index (χ4n) is 5.71. The van der Waals surface area contributed by atoms with Crippen molar-refractivity contribution in [1.82, 2.24) is 0 Å². The molecule has 1 aromatic rings. The molecule has 4 aliphatic carbocycles. The van der Waals surface area contributed by atoms with Crippen molar-refractivity contribution in [2.24, 2.45) is 23.2 Å². The van der Waals surface area contributed by atoms with Crippen LogP contribution in [0.15, 0.2) is 24.3 Å². The van der Waals surface area contributed by atoms with Crippen molar-refractivity contribution in [3.8, 4) is 0 Å². The first kappa shape index (κ1) is 15.2. The Labute approximate surface area is 140 Å². The van der Waals surface area contributed by atoms with E-state index in [1.165, 1.54) is 24.8 Å². The molecule has 0 spiro atoms. The van der Waals surface area contributed by atoms with E-state index in [1.54, 1.807) is 0 Å². The van der Waals surface area contributed by atoms with Crippen LogP contribution in [0.5, 0.6) is 0 Å². The zero-order valence-corrected chi connectivity index (χ0v) is 14.7. The summed E-state index contributed by atoms with van der Waals surface area (Å²) in [5.41, 5.74) is 2.36. The smallest absolute Gasteiger partial charge is 0.230 e. The summed E-state index contributed by atoms with van der Waals surface area (Å²) in [6.45, 7) is 6.65. The molecule has 1 aromatic carbocycles. The van der Waals surface area contributed by atoms with Gasteiger partial charge in [-0.05, 0) is 79.4 Å². The van der Waals surface area contributed by atoms with Crippen LogP contribution < -0.4 is 5.32 Å². The normalized spacial score (nSPS) is 35.3. The predicted molar refractivity (Wildman–Crippen MR) is 94.4 cm³/mol. The van der Waals surface area contributed by atoms with Gasteiger partial charge in [-0.2, -0.15) is 0 Å². The third-order valence-electron chi connectivity index (χ3n) is 6.53. The van der Waals surface area contributed by atoms with Gasteiger partial charge in [0.2, 0.25) is 5.91 Å². The van der Waals surface area contributed by atoms with Gasteiger partial charge >= 0.3 is 0 Å². The van der Waals surface area contributed by atoms with Crippen molar-refractivity contribution in [2.45, 2.75) is 64.7 Å². The van der Waals surface area contributed by atoms with Gasteiger partial charge < -0.3 is 5.32 Å². The largest absolute Gasteiger partial charge is 0.326 e. The van der Waals surface area contributed by atoms with Gasteiger partial charge in [0.05, 0.1) is 5.41 Å². The van der Waals surface area contributed by atoms with Gasteiger partial charge in [0, 0.05) is 5.69 Å². The van der Waals surface area contributed by atoms with Crippen molar-refractivity contribution < 1.29 is 4.79 Å².